The van der Waals surface area contributed by atoms with Gasteiger partial charge in [0.25, 0.3) is 0 Å². The Morgan fingerprint density at radius 1 is 1.09 bits per heavy atom. The normalized spacial score (nSPS) is 8.73. The van der Waals surface area contributed by atoms with Crippen LogP contribution in [0.3, 0.4) is 0 Å². The zero-order valence-corrected chi connectivity index (χ0v) is 11.2. The molecule has 0 saturated heterocycles. The number of hydrogen-bond acceptors (Lipinski definition) is 1. The van der Waals surface area contributed by atoms with E-state index >= 15 is 0 Å². The van der Waals surface area contributed by atoms with Crippen molar-refractivity contribution in [1.29, 1.82) is 0 Å². The van der Waals surface area contributed by atoms with Crippen molar-refractivity contribution in [2.75, 3.05) is 13.1 Å². The van der Waals surface area contributed by atoms with Gasteiger partial charge in [-0.1, -0.05) is 27.7 Å². The van der Waals surface area contributed by atoms with Crippen LogP contribution in [0.4, 0.5) is 0 Å². The molecule has 0 amide bonds. The van der Waals surface area contributed by atoms with E-state index in [1.54, 1.807) is 0 Å². The maximum atomic E-state index is 3.76. The van der Waals surface area contributed by atoms with Gasteiger partial charge in [-0.2, -0.15) is 0 Å². The van der Waals surface area contributed by atoms with Gasteiger partial charge in [0.1, 0.15) is 0 Å². The van der Waals surface area contributed by atoms with Crippen molar-refractivity contribution in [2.24, 2.45) is 0 Å². The molecule has 0 unspecified atom stereocenters. The fourth-order valence-corrected chi connectivity index (χ4v) is 0.628. The summed E-state index contributed by atoms with van der Waals surface area (Å²) in [5.41, 5.74) is 0. The first-order valence-electron chi connectivity index (χ1n) is 4.05. The van der Waals surface area contributed by atoms with Crippen molar-refractivity contribution >= 4 is 0 Å². The third-order valence-electron chi connectivity index (χ3n) is 1.30. The van der Waals surface area contributed by atoms with Gasteiger partial charge in [0, 0.05) is 0 Å². The van der Waals surface area contributed by atoms with Crippen LogP contribution in [-0.4, -0.2) is 24.0 Å². The molecule has 0 spiro atoms. The fraction of sp³-hybridized carbons (Fsp3) is 0.778. The molecular weight excluding hydrogens is 306 g/mol. The van der Waals surface area contributed by atoms with E-state index in [0.29, 0.717) is 6.04 Å². The van der Waals surface area contributed by atoms with Gasteiger partial charge in [-0.15, -0.1) is 13.1 Å². The van der Waals surface area contributed by atoms with Crippen LogP contribution in [0.25, 0.3) is 0 Å². The molecule has 0 saturated carbocycles. The summed E-state index contributed by atoms with van der Waals surface area (Å²) in [4.78, 5) is 2.19. The first-order chi connectivity index (χ1) is 4.72. The molecule has 0 aliphatic carbocycles. The van der Waals surface area contributed by atoms with E-state index in [2.05, 4.69) is 32.6 Å². The Kier molecular flexibility index (Phi) is 21.3. The van der Waals surface area contributed by atoms with Crippen LogP contribution in [-0.2, 0) is 21.1 Å². The van der Waals surface area contributed by atoms with Gasteiger partial charge in [0.2, 0.25) is 0 Å². The SMILES string of the molecule is CC.[CH2-]CN(C[CH2-])C(C)C.[W+2]. The molecule has 0 rings (SSSR count). The molecule has 0 heterocycles. The first kappa shape index (κ1) is 17.7. The second-order valence-corrected chi connectivity index (χ2v) is 2.13. The average Bonchev–Trinajstić information content (AvgIpc) is 1.94. The van der Waals surface area contributed by atoms with Crippen molar-refractivity contribution < 1.29 is 21.1 Å². The molecule has 68 valence electrons. The zero-order chi connectivity index (χ0) is 8.57. The minimum Gasteiger partial charge on any atom is -0.360 e. The minimum absolute atomic E-state index is 0. The Morgan fingerprint density at radius 2 is 1.36 bits per heavy atom. The number of rotatable bonds is 3. The largest absolute Gasteiger partial charge is 2.00 e. The van der Waals surface area contributed by atoms with E-state index in [9.17, 15) is 0 Å². The van der Waals surface area contributed by atoms with E-state index < -0.39 is 0 Å². The van der Waals surface area contributed by atoms with E-state index in [1.807, 2.05) is 13.8 Å². The molecule has 0 aliphatic heterocycles. The summed E-state index contributed by atoms with van der Waals surface area (Å²) in [7, 11) is 0. The molecule has 2 heteroatoms. The topological polar surface area (TPSA) is 3.24 Å². The van der Waals surface area contributed by atoms with E-state index in [0.717, 1.165) is 13.1 Å². The second kappa shape index (κ2) is 13.3. The molecular formula is C9H21NW. The van der Waals surface area contributed by atoms with Crippen LogP contribution < -0.4 is 0 Å². The quantitative estimate of drug-likeness (QED) is 0.720. The van der Waals surface area contributed by atoms with Crippen molar-refractivity contribution in [3.63, 3.8) is 0 Å². The fourth-order valence-electron chi connectivity index (χ4n) is 0.628. The molecule has 0 fully saturated rings. The number of hydrogen-bond donors (Lipinski definition) is 0. The summed E-state index contributed by atoms with van der Waals surface area (Å²) >= 11 is 0. The summed E-state index contributed by atoms with van der Waals surface area (Å²) in [6.07, 6.45) is 0. The van der Waals surface area contributed by atoms with Gasteiger partial charge in [-0.3, -0.25) is 0 Å². The van der Waals surface area contributed by atoms with Gasteiger partial charge in [-0.25, -0.2) is 0 Å². The van der Waals surface area contributed by atoms with Gasteiger partial charge < -0.3 is 18.7 Å². The molecule has 11 heavy (non-hydrogen) atoms. The molecule has 0 atom stereocenters. The molecule has 0 aromatic carbocycles. The van der Waals surface area contributed by atoms with Gasteiger partial charge in [-0.05, 0) is 6.04 Å². The van der Waals surface area contributed by atoms with E-state index in [-0.39, 0.29) is 21.1 Å². The van der Waals surface area contributed by atoms with Crippen LogP contribution >= 0.6 is 0 Å². The van der Waals surface area contributed by atoms with Crippen molar-refractivity contribution in [3.05, 3.63) is 13.8 Å². The second-order valence-electron chi connectivity index (χ2n) is 2.13. The van der Waals surface area contributed by atoms with Crippen LogP contribution in [0.5, 0.6) is 0 Å². The Morgan fingerprint density at radius 3 is 1.36 bits per heavy atom. The standard InChI is InChI=1S/C7H15N.C2H6.W/c1-5-8(6-2)7(3)4;1-2;/h7H,1-2,5-6H2,3-4H3;1-2H3;/q-2;;+2. The Labute approximate surface area is 86.8 Å². The van der Waals surface area contributed by atoms with Crippen molar-refractivity contribution in [3.8, 4) is 0 Å². The summed E-state index contributed by atoms with van der Waals surface area (Å²) < 4.78 is 0. The average molecular weight is 327 g/mol. The summed E-state index contributed by atoms with van der Waals surface area (Å²) in [5.74, 6) is 0. The van der Waals surface area contributed by atoms with Gasteiger partial charge in [0.15, 0.2) is 0 Å². The van der Waals surface area contributed by atoms with Crippen LogP contribution in [0.15, 0.2) is 0 Å². The third kappa shape index (κ3) is 10.6. The van der Waals surface area contributed by atoms with Crippen LogP contribution in [0.1, 0.15) is 27.7 Å². The molecule has 0 aromatic heterocycles. The molecule has 1 nitrogen and oxygen atoms in total. The summed E-state index contributed by atoms with van der Waals surface area (Å²) in [6, 6.07) is 0.588. The van der Waals surface area contributed by atoms with Gasteiger partial charge >= 0.3 is 21.1 Å². The van der Waals surface area contributed by atoms with Gasteiger partial charge in [0.05, 0.1) is 0 Å². The summed E-state index contributed by atoms with van der Waals surface area (Å²) in [6.45, 7) is 17.6. The monoisotopic (exact) mass is 327 g/mol. The smallest absolute Gasteiger partial charge is 0.360 e. The predicted octanol–water partition coefficient (Wildman–Crippen LogP) is 2.39. The van der Waals surface area contributed by atoms with Crippen LogP contribution in [0.2, 0.25) is 0 Å². The maximum absolute atomic E-state index is 3.76. The van der Waals surface area contributed by atoms with Crippen molar-refractivity contribution in [2.45, 2.75) is 33.7 Å². The minimum atomic E-state index is 0. The van der Waals surface area contributed by atoms with E-state index in [1.165, 1.54) is 0 Å². The molecule has 0 aromatic rings. The Hall–Kier alpha value is 0.648. The number of nitrogens with zero attached hydrogens (tertiary/aromatic N) is 1. The molecule has 0 bridgehead atoms. The van der Waals surface area contributed by atoms with E-state index in [4.69, 9.17) is 0 Å². The first-order valence-corrected chi connectivity index (χ1v) is 4.05. The third-order valence-corrected chi connectivity index (χ3v) is 1.30. The zero-order valence-electron chi connectivity index (χ0n) is 8.26. The van der Waals surface area contributed by atoms with Crippen molar-refractivity contribution in [1.82, 2.24) is 4.90 Å². The van der Waals surface area contributed by atoms with Crippen LogP contribution in [0, 0.1) is 13.8 Å². The Bertz CT molecular complexity index is 51.5. The summed E-state index contributed by atoms with van der Waals surface area (Å²) in [5, 5.41) is 0. The molecule has 0 N–H and O–H groups in total. The predicted molar refractivity (Wildman–Crippen MR) is 48.8 cm³/mol. The molecule has 0 radical (unpaired) electrons. The Balaban J connectivity index is -0.000000196. The maximum Gasteiger partial charge on any atom is 2.00 e. The molecule has 0 aliphatic rings.